The van der Waals surface area contributed by atoms with E-state index < -0.39 is 5.60 Å². The van der Waals surface area contributed by atoms with Crippen LogP contribution in [0.5, 0.6) is 0 Å². The maximum absolute atomic E-state index is 13.5. The molecule has 0 radical (unpaired) electrons. The van der Waals surface area contributed by atoms with Crippen molar-refractivity contribution in [3.05, 3.63) is 35.8 Å². The molecule has 1 aliphatic carbocycles. The van der Waals surface area contributed by atoms with E-state index in [2.05, 4.69) is 0 Å². The first-order valence-electron chi connectivity index (χ1n) is 6.06. The molecule has 3 heteroatoms. The fourth-order valence-corrected chi connectivity index (χ4v) is 2.47. The van der Waals surface area contributed by atoms with E-state index in [9.17, 15) is 9.50 Å². The van der Waals surface area contributed by atoms with Crippen LogP contribution in [-0.4, -0.2) is 5.11 Å². The minimum atomic E-state index is -0.925. The van der Waals surface area contributed by atoms with Gasteiger partial charge in [-0.25, -0.2) is 4.39 Å². The van der Waals surface area contributed by atoms with Crippen molar-refractivity contribution in [1.29, 1.82) is 0 Å². The lowest BCUT2D eigenvalue weighted by molar-refractivity contribution is -0.0104. The molecule has 0 spiro atoms. The molecule has 0 amide bonds. The Kier molecular flexibility index (Phi) is 2.26. The van der Waals surface area contributed by atoms with Crippen LogP contribution in [0.3, 0.4) is 0 Å². The van der Waals surface area contributed by atoms with E-state index in [4.69, 9.17) is 4.42 Å². The van der Waals surface area contributed by atoms with Gasteiger partial charge in [0, 0.05) is 5.39 Å². The average Bonchev–Trinajstić information content (AvgIpc) is 3.08. The SMILES string of the molecule is CCC(O)(c1cc2cccc(F)c2o1)C1CC1. The summed E-state index contributed by atoms with van der Waals surface area (Å²) >= 11 is 0. The highest BCUT2D eigenvalue weighted by Gasteiger charge is 2.46. The highest BCUT2D eigenvalue weighted by Crippen LogP contribution is 2.48. The van der Waals surface area contributed by atoms with E-state index in [1.165, 1.54) is 6.07 Å². The van der Waals surface area contributed by atoms with Gasteiger partial charge in [0.25, 0.3) is 0 Å². The van der Waals surface area contributed by atoms with Gasteiger partial charge in [-0.15, -0.1) is 0 Å². The number of furan rings is 1. The first-order chi connectivity index (χ1) is 8.15. The number of halogens is 1. The summed E-state index contributed by atoms with van der Waals surface area (Å²) in [7, 11) is 0. The molecule has 1 N–H and O–H groups in total. The molecule has 1 fully saturated rings. The molecule has 1 aliphatic rings. The van der Waals surface area contributed by atoms with Crippen molar-refractivity contribution in [1.82, 2.24) is 0 Å². The Morgan fingerprint density at radius 1 is 1.47 bits per heavy atom. The molecule has 2 aromatic rings. The smallest absolute Gasteiger partial charge is 0.170 e. The fourth-order valence-electron chi connectivity index (χ4n) is 2.47. The molecule has 90 valence electrons. The first-order valence-corrected chi connectivity index (χ1v) is 6.06. The third-order valence-electron chi connectivity index (χ3n) is 3.71. The van der Waals surface area contributed by atoms with Gasteiger partial charge in [-0.1, -0.05) is 19.1 Å². The van der Waals surface area contributed by atoms with Crippen LogP contribution in [0.4, 0.5) is 4.39 Å². The second-order valence-corrected chi connectivity index (χ2v) is 4.82. The second kappa shape index (κ2) is 3.57. The van der Waals surface area contributed by atoms with E-state index in [0.717, 1.165) is 12.8 Å². The Morgan fingerprint density at radius 3 is 2.82 bits per heavy atom. The van der Waals surface area contributed by atoms with Gasteiger partial charge in [0.1, 0.15) is 11.4 Å². The highest BCUT2D eigenvalue weighted by atomic mass is 19.1. The standard InChI is InChI=1S/C14H15FO2/c1-2-14(16,10-6-7-10)12-8-9-4-3-5-11(15)13(9)17-12/h3-5,8,10,16H,2,6-7H2,1H3. The number of hydrogen-bond donors (Lipinski definition) is 1. The summed E-state index contributed by atoms with van der Waals surface area (Å²) in [6, 6.07) is 6.59. The van der Waals surface area contributed by atoms with Crippen LogP contribution < -0.4 is 0 Å². The maximum Gasteiger partial charge on any atom is 0.170 e. The number of rotatable bonds is 3. The Hall–Kier alpha value is -1.35. The van der Waals surface area contributed by atoms with E-state index >= 15 is 0 Å². The van der Waals surface area contributed by atoms with Gasteiger partial charge in [0.05, 0.1) is 0 Å². The van der Waals surface area contributed by atoms with Crippen molar-refractivity contribution in [3.63, 3.8) is 0 Å². The lowest BCUT2D eigenvalue weighted by atomic mass is 9.91. The zero-order valence-corrected chi connectivity index (χ0v) is 9.74. The van der Waals surface area contributed by atoms with Crippen LogP contribution in [0.15, 0.2) is 28.7 Å². The summed E-state index contributed by atoms with van der Waals surface area (Å²) < 4.78 is 19.1. The quantitative estimate of drug-likeness (QED) is 0.880. The van der Waals surface area contributed by atoms with E-state index in [1.54, 1.807) is 18.2 Å². The lowest BCUT2D eigenvalue weighted by Gasteiger charge is -2.23. The average molecular weight is 234 g/mol. The van der Waals surface area contributed by atoms with Crippen LogP contribution in [-0.2, 0) is 5.60 Å². The second-order valence-electron chi connectivity index (χ2n) is 4.82. The van der Waals surface area contributed by atoms with E-state index in [1.807, 2.05) is 6.92 Å². The van der Waals surface area contributed by atoms with Crippen molar-refractivity contribution in [2.75, 3.05) is 0 Å². The minimum absolute atomic E-state index is 0.245. The molecule has 1 atom stereocenters. The molecule has 0 aliphatic heterocycles. The van der Waals surface area contributed by atoms with Gasteiger partial charge in [-0.3, -0.25) is 0 Å². The minimum Gasteiger partial charge on any atom is -0.455 e. The van der Waals surface area contributed by atoms with Gasteiger partial charge in [0.15, 0.2) is 11.4 Å². The van der Waals surface area contributed by atoms with Crippen molar-refractivity contribution in [2.45, 2.75) is 31.8 Å². The molecular formula is C14H15FO2. The van der Waals surface area contributed by atoms with Crippen LogP contribution >= 0.6 is 0 Å². The maximum atomic E-state index is 13.5. The number of hydrogen-bond acceptors (Lipinski definition) is 2. The Morgan fingerprint density at radius 2 is 2.24 bits per heavy atom. The number of fused-ring (bicyclic) bond motifs is 1. The Labute approximate surface area is 99.1 Å². The fraction of sp³-hybridized carbons (Fsp3) is 0.429. The van der Waals surface area contributed by atoms with Crippen molar-refractivity contribution < 1.29 is 13.9 Å². The lowest BCUT2D eigenvalue weighted by Crippen LogP contribution is -2.26. The predicted octanol–water partition coefficient (Wildman–Crippen LogP) is 3.58. The van der Waals surface area contributed by atoms with Crippen LogP contribution in [0.25, 0.3) is 11.0 Å². The normalized spacial score (nSPS) is 19.5. The summed E-state index contributed by atoms with van der Waals surface area (Å²) in [5.74, 6) is 0.390. The monoisotopic (exact) mass is 234 g/mol. The topological polar surface area (TPSA) is 33.4 Å². The summed E-state index contributed by atoms with van der Waals surface area (Å²) in [4.78, 5) is 0. The molecule has 1 aromatic heterocycles. The third kappa shape index (κ3) is 1.57. The molecule has 1 unspecified atom stereocenters. The Balaban J connectivity index is 2.14. The van der Waals surface area contributed by atoms with Gasteiger partial charge < -0.3 is 9.52 Å². The van der Waals surface area contributed by atoms with Gasteiger partial charge in [0.2, 0.25) is 0 Å². The summed E-state index contributed by atoms with van der Waals surface area (Å²) in [6.07, 6.45) is 2.63. The summed E-state index contributed by atoms with van der Waals surface area (Å²) in [5.41, 5.74) is -0.680. The molecule has 17 heavy (non-hydrogen) atoms. The number of aliphatic hydroxyl groups is 1. The summed E-state index contributed by atoms with van der Waals surface area (Å²) in [6.45, 7) is 1.93. The highest BCUT2D eigenvalue weighted by molar-refractivity contribution is 5.78. The van der Waals surface area contributed by atoms with Crippen LogP contribution in [0, 0.1) is 11.7 Å². The number of benzene rings is 1. The van der Waals surface area contributed by atoms with Gasteiger partial charge in [-0.2, -0.15) is 0 Å². The Bertz CT molecular complexity index is 556. The molecular weight excluding hydrogens is 219 g/mol. The molecule has 3 rings (SSSR count). The van der Waals surface area contributed by atoms with Crippen molar-refractivity contribution >= 4 is 11.0 Å². The van der Waals surface area contributed by atoms with E-state index in [0.29, 0.717) is 17.6 Å². The molecule has 1 heterocycles. The molecule has 2 nitrogen and oxygen atoms in total. The predicted molar refractivity (Wildman–Crippen MR) is 63.1 cm³/mol. The van der Waals surface area contributed by atoms with Crippen LogP contribution in [0.2, 0.25) is 0 Å². The zero-order chi connectivity index (χ0) is 12.0. The molecule has 1 aromatic carbocycles. The molecule has 0 bridgehead atoms. The largest absolute Gasteiger partial charge is 0.455 e. The van der Waals surface area contributed by atoms with Crippen LogP contribution in [0.1, 0.15) is 31.9 Å². The molecule has 0 saturated heterocycles. The zero-order valence-electron chi connectivity index (χ0n) is 9.74. The van der Waals surface area contributed by atoms with Crippen molar-refractivity contribution in [3.8, 4) is 0 Å². The molecule has 1 saturated carbocycles. The van der Waals surface area contributed by atoms with Gasteiger partial charge in [-0.05, 0) is 37.3 Å². The van der Waals surface area contributed by atoms with Crippen molar-refractivity contribution in [2.24, 2.45) is 5.92 Å². The summed E-state index contributed by atoms with van der Waals surface area (Å²) in [5, 5.41) is 11.3. The third-order valence-corrected chi connectivity index (χ3v) is 3.71. The van der Waals surface area contributed by atoms with E-state index in [-0.39, 0.29) is 17.3 Å². The number of para-hydroxylation sites is 1. The van der Waals surface area contributed by atoms with Gasteiger partial charge >= 0.3 is 0 Å². The first kappa shape index (κ1) is 10.8.